The molecule has 0 aliphatic carbocycles. The monoisotopic (exact) mass is 211 g/mol. The predicted molar refractivity (Wildman–Crippen MR) is 70.1 cm³/mol. The minimum atomic E-state index is 0.212. The summed E-state index contributed by atoms with van der Waals surface area (Å²) in [5, 5.41) is 3.56. The Bertz CT molecular complexity index is 196. The molecule has 0 aliphatic heterocycles. The van der Waals surface area contributed by atoms with Crippen LogP contribution >= 0.6 is 0 Å². The summed E-state index contributed by atoms with van der Waals surface area (Å²) in [7, 11) is 0. The van der Waals surface area contributed by atoms with Crippen LogP contribution in [0.4, 0.5) is 0 Å². The highest BCUT2D eigenvalue weighted by Crippen LogP contribution is 2.15. The van der Waals surface area contributed by atoms with Gasteiger partial charge < -0.3 is 5.32 Å². The van der Waals surface area contributed by atoms with Crippen LogP contribution in [0.25, 0.3) is 0 Å². The van der Waals surface area contributed by atoms with Crippen LogP contribution in [-0.2, 0) is 0 Å². The molecule has 1 N–H and O–H groups in total. The summed E-state index contributed by atoms with van der Waals surface area (Å²) >= 11 is 0. The van der Waals surface area contributed by atoms with Crippen LogP contribution < -0.4 is 5.32 Å². The van der Waals surface area contributed by atoms with Crippen molar-refractivity contribution in [3.8, 4) is 0 Å². The second-order valence-corrected chi connectivity index (χ2v) is 5.89. The highest BCUT2D eigenvalue weighted by atomic mass is 14.9. The first kappa shape index (κ1) is 14.7. The van der Waals surface area contributed by atoms with E-state index < -0.39 is 0 Å². The number of rotatable bonds is 5. The Hall–Kier alpha value is -0.300. The van der Waals surface area contributed by atoms with E-state index in [0.717, 1.165) is 6.54 Å². The van der Waals surface area contributed by atoms with Crippen molar-refractivity contribution in [1.82, 2.24) is 5.32 Å². The Balaban J connectivity index is 4.36. The van der Waals surface area contributed by atoms with Crippen molar-refractivity contribution in [2.75, 3.05) is 6.54 Å². The van der Waals surface area contributed by atoms with E-state index >= 15 is 0 Å². The number of nitrogens with one attached hydrogen (secondary N) is 1. The first-order valence-corrected chi connectivity index (χ1v) is 6.22. The van der Waals surface area contributed by atoms with Crippen molar-refractivity contribution in [3.63, 3.8) is 0 Å². The minimum Gasteiger partial charge on any atom is -0.308 e. The highest BCUT2D eigenvalue weighted by molar-refractivity contribution is 5.09. The Morgan fingerprint density at radius 3 is 2.07 bits per heavy atom. The molecule has 1 unspecified atom stereocenters. The van der Waals surface area contributed by atoms with Crippen LogP contribution in [0.15, 0.2) is 11.6 Å². The van der Waals surface area contributed by atoms with Gasteiger partial charge in [-0.25, -0.2) is 0 Å². The van der Waals surface area contributed by atoms with Gasteiger partial charge >= 0.3 is 0 Å². The van der Waals surface area contributed by atoms with E-state index in [2.05, 4.69) is 59.9 Å². The van der Waals surface area contributed by atoms with E-state index in [1.807, 2.05) is 0 Å². The van der Waals surface area contributed by atoms with Crippen LogP contribution in [0.1, 0.15) is 54.9 Å². The molecule has 0 saturated heterocycles. The lowest BCUT2D eigenvalue weighted by Crippen LogP contribution is -2.37. The quantitative estimate of drug-likeness (QED) is 0.678. The van der Waals surface area contributed by atoms with Crippen LogP contribution in [0, 0.1) is 11.8 Å². The SMILES string of the molecule is CCC(C)C=C(CNC(C)(C)C)C(C)C. The van der Waals surface area contributed by atoms with Crippen molar-refractivity contribution < 1.29 is 0 Å². The molecule has 1 heteroatoms. The maximum atomic E-state index is 3.56. The normalized spacial score (nSPS) is 15.9. The summed E-state index contributed by atoms with van der Waals surface area (Å²) in [6, 6.07) is 0. The maximum absolute atomic E-state index is 3.56. The summed E-state index contributed by atoms with van der Waals surface area (Å²) in [6.45, 7) is 16.8. The molecule has 0 aliphatic rings. The molecule has 1 nitrogen and oxygen atoms in total. The predicted octanol–water partition coefficient (Wildman–Crippen LogP) is 4.00. The average Bonchev–Trinajstić information content (AvgIpc) is 2.09. The standard InChI is InChI=1S/C14H29N/c1-8-12(4)9-13(11(2)3)10-15-14(5,6)7/h9,11-12,15H,8,10H2,1-7H3. The first-order chi connectivity index (χ1) is 6.76. The van der Waals surface area contributed by atoms with Crippen LogP contribution in [-0.4, -0.2) is 12.1 Å². The zero-order chi connectivity index (χ0) is 12.1. The Morgan fingerprint density at radius 2 is 1.73 bits per heavy atom. The lowest BCUT2D eigenvalue weighted by atomic mass is 9.96. The molecule has 15 heavy (non-hydrogen) atoms. The molecule has 0 rings (SSSR count). The molecule has 0 radical (unpaired) electrons. The smallest absolute Gasteiger partial charge is 0.0172 e. The van der Waals surface area contributed by atoms with Gasteiger partial charge in [-0.1, -0.05) is 45.8 Å². The summed E-state index contributed by atoms with van der Waals surface area (Å²) in [4.78, 5) is 0. The summed E-state index contributed by atoms with van der Waals surface area (Å²) in [6.07, 6.45) is 3.66. The lowest BCUT2D eigenvalue weighted by Gasteiger charge is -2.23. The fourth-order valence-corrected chi connectivity index (χ4v) is 1.31. The van der Waals surface area contributed by atoms with Gasteiger partial charge in [0.25, 0.3) is 0 Å². The van der Waals surface area contributed by atoms with E-state index in [9.17, 15) is 0 Å². The largest absolute Gasteiger partial charge is 0.308 e. The molecule has 0 saturated carbocycles. The number of hydrogen-bond acceptors (Lipinski definition) is 1. The molecule has 1 atom stereocenters. The number of hydrogen-bond donors (Lipinski definition) is 1. The van der Waals surface area contributed by atoms with Crippen molar-refractivity contribution in [3.05, 3.63) is 11.6 Å². The topological polar surface area (TPSA) is 12.0 Å². The lowest BCUT2D eigenvalue weighted by molar-refractivity contribution is 0.435. The zero-order valence-electron chi connectivity index (χ0n) is 11.6. The summed E-state index contributed by atoms with van der Waals surface area (Å²) < 4.78 is 0. The third kappa shape index (κ3) is 7.61. The molecular weight excluding hydrogens is 182 g/mol. The van der Waals surface area contributed by atoms with E-state index in [1.165, 1.54) is 6.42 Å². The van der Waals surface area contributed by atoms with Gasteiger partial charge in [0, 0.05) is 12.1 Å². The van der Waals surface area contributed by atoms with Gasteiger partial charge in [-0.3, -0.25) is 0 Å². The van der Waals surface area contributed by atoms with Gasteiger partial charge in [-0.2, -0.15) is 0 Å². The minimum absolute atomic E-state index is 0.212. The highest BCUT2D eigenvalue weighted by Gasteiger charge is 2.11. The third-order valence-electron chi connectivity index (χ3n) is 2.71. The molecule has 0 aromatic rings. The Labute approximate surface area is 96.3 Å². The molecule has 0 aromatic carbocycles. The molecular formula is C14H29N. The fourth-order valence-electron chi connectivity index (χ4n) is 1.31. The molecule has 0 aromatic heterocycles. The van der Waals surface area contributed by atoms with Gasteiger partial charge in [0.05, 0.1) is 0 Å². The molecule has 0 fully saturated rings. The van der Waals surface area contributed by atoms with Crippen LogP contribution in [0.2, 0.25) is 0 Å². The Kier molecular flexibility index (Phi) is 6.19. The maximum Gasteiger partial charge on any atom is 0.0172 e. The third-order valence-corrected chi connectivity index (χ3v) is 2.71. The Morgan fingerprint density at radius 1 is 1.20 bits per heavy atom. The van der Waals surface area contributed by atoms with E-state index in [1.54, 1.807) is 5.57 Å². The van der Waals surface area contributed by atoms with Crippen LogP contribution in [0.3, 0.4) is 0 Å². The summed E-state index contributed by atoms with van der Waals surface area (Å²) in [5.74, 6) is 1.35. The van der Waals surface area contributed by atoms with Crippen LogP contribution in [0.5, 0.6) is 0 Å². The van der Waals surface area contributed by atoms with Crippen molar-refractivity contribution in [2.45, 2.75) is 60.4 Å². The molecule has 90 valence electrons. The van der Waals surface area contributed by atoms with Gasteiger partial charge in [0.15, 0.2) is 0 Å². The molecule has 0 amide bonds. The zero-order valence-corrected chi connectivity index (χ0v) is 11.6. The van der Waals surface area contributed by atoms with Gasteiger partial charge in [0.2, 0.25) is 0 Å². The van der Waals surface area contributed by atoms with Crippen molar-refractivity contribution >= 4 is 0 Å². The van der Waals surface area contributed by atoms with E-state index in [4.69, 9.17) is 0 Å². The summed E-state index contributed by atoms with van der Waals surface area (Å²) in [5.41, 5.74) is 1.75. The number of allylic oxidation sites excluding steroid dienone is 1. The van der Waals surface area contributed by atoms with Gasteiger partial charge in [-0.05, 0) is 32.6 Å². The second kappa shape index (κ2) is 6.32. The molecule has 0 bridgehead atoms. The fraction of sp³-hybridized carbons (Fsp3) is 0.857. The van der Waals surface area contributed by atoms with Gasteiger partial charge in [0.1, 0.15) is 0 Å². The molecule has 0 spiro atoms. The van der Waals surface area contributed by atoms with Crippen molar-refractivity contribution in [2.24, 2.45) is 11.8 Å². The molecule has 0 heterocycles. The first-order valence-electron chi connectivity index (χ1n) is 6.22. The van der Waals surface area contributed by atoms with Gasteiger partial charge in [-0.15, -0.1) is 0 Å². The average molecular weight is 211 g/mol. The van der Waals surface area contributed by atoms with E-state index in [0.29, 0.717) is 11.8 Å². The van der Waals surface area contributed by atoms with Crippen molar-refractivity contribution in [1.29, 1.82) is 0 Å². The van der Waals surface area contributed by atoms with E-state index in [-0.39, 0.29) is 5.54 Å². The second-order valence-electron chi connectivity index (χ2n) is 5.89.